The van der Waals surface area contributed by atoms with Crippen LogP contribution >= 0.6 is 11.3 Å². The van der Waals surface area contributed by atoms with E-state index >= 15 is 0 Å². The number of nitrogens with zero attached hydrogens (tertiary/aromatic N) is 3. The molecule has 4 heterocycles. The van der Waals surface area contributed by atoms with Crippen LogP contribution in [0.1, 0.15) is 84.1 Å². The second-order valence-electron chi connectivity index (χ2n) is 17.3. The monoisotopic (exact) mass is 860 g/mol. The molecule has 2 aromatic carbocycles. The Kier molecular flexibility index (Phi) is 11.1. The number of thiophene rings is 1. The molecule has 0 unspecified atom stereocenters. The van der Waals surface area contributed by atoms with Crippen molar-refractivity contribution in [3.63, 3.8) is 0 Å². The highest BCUT2D eigenvalue weighted by atomic mass is 32.2. The van der Waals surface area contributed by atoms with Gasteiger partial charge in [-0.2, -0.15) is 4.98 Å². The Morgan fingerprint density at radius 1 is 1.03 bits per heavy atom. The molecule has 14 nitrogen and oxygen atoms in total. The van der Waals surface area contributed by atoms with Gasteiger partial charge < -0.3 is 25.0 Å². The second kappa shape index (κ2) is 16.0. The minimum atomic E-state index is -3.93. The van der Waals surface area contributed by atoms with E-state index < -0.39 is 80.2 Å². The Morgan fingerprint density at radius 2 is 1.80 bits per heavy atom. The van der Waals surface area contributed by atoms with Crippen molar-refractivity contribution in [2.24, 2.45) is 5.92 Å². The van der Waals surface area contributed by atoms with Crippen molar-refractivity contribution in [2.45, 2.75) is 120 Å². The van der Waals surface area contributed by atoms with E-state index in [1.165, 1.54) is 28.4 Å². The lowest BCUT2D eigenvalue weighted by atomic mass is 10.0. The van der Waals surface area contributed by atoms with Crippen LogP contribution in [0, 0.1) is 18.7 Å². The minimum Gasteiger partial charge on any atom is -0.471 e. The highest BCUT2D eigenvalue weighted by Crippen LogP contribution is 2.46. The lowest BCUT2D eigenvalue weighted by Crippen LogP contribution is -2.58. The van der Waals surface area contributed by atoms with Gasteiger partial charge in [-0.25, -0.2) is 22.6 Å². The number of carbonyl (C=O) groups is 4. The van der Waals surface area contributed by atoms with Gasteiger partial charge in [0.2, 0.25) is 27.7 Å². The fraction of sp³-hybridized carbons (Fsp3) is 0.488. The average molecular weight is 861 g/mol. The fourth-order valence-corrected chi connectivity index (χ4v) is 10.4. The number of amides is 4. The lowest BCUT2D eigenvalue weighted by molar-refractivity contribution is -0.141. The highest BCUT2D eigenvalue weighted by molar-refractivity contribution is 7.91. The van der Waals surface area contributed by atoms with Gasteiger partial charge in [0.05, 0.1) is 17.3 Å². The standard InChI is InChI=1S/C43H49FN6O8S2/c1-24-12-14-25(15-13-24)36-46-34-30-20-27(44)16-19-33(30)59-35(34)38(47-36)57-28-21-32-37(51)48-43(40(53)49-60(55,56)29-17-18-29)22-26(43)10-8-6-5-7-9-11-31(39(52)50(32)23-28)45-41(54)58-42(2,3)4/h8,10,12-16,19-20,26,28-29,31-32H,5-7,9,11,17-18,21-23H2,1-4H3,(H,45,54)(H,48,51)(H,49,53)/b10-8-/t26-,28-,31+,32+,43-/m1/s1. The molecule has 2 aliphatic heterocycles. The maximum absolute atomic E-state index is 14.7. The zero-order chi connectivity index (χ0) is 42.6. The number of ether oxygens (including phenoxy) is 2. The van der Waals surface area contributed by atoms with Crippen LogP contribution in [0.3, 0.4) is 0 Å². The number of alkyl carbamates (subject to hydrolysis) is 1. The molecule has 1 saturated heterocycles. The molecule has 2 saturated carbocycles. The third-order valence-electron chi connectivity index (χ3n) is 11.4. The normalized spacial score (nSPS) is 25.6. The summed E-state index contributed by atoms with van der Waals surface area (Å²) in [4.78, 5) is 67.3. The third-order valence-corrected chi connectivity index (χ3v) is 14.3. The van der Waals surface area contributed by atoms with Crippen LogP contribution in [-0.4, -0.2) is 88.2 Å². The van der Waals surface area contributed by atoms with E-state index in [0.717, 1.165) is 23.1 Å². The Hall–Kier alpha value is -5.16. The molecule has 5 atom stereocenters. The Labute approximate surface area is 351 Å². The quantitative estimate of drug-likeness (QED) is 0.181. The van der Waals surface area contributed by atoms with E-state index in [2.05, 4.69) is 15.4 Å². The van der Waals surface area contributed by atoms with Crippen LogP contribution in [0.4, 0.5) is 9.18 Å². The molecular formula is C43H49FN6O8S2. The predicted molar refractivity (Wildman–Crippen MR) is 224 cm³/mol. The molecular weight excluding hydrogens is 812 g/mol. The molecule has 3 N–H and O–H groups in total. The number of fused-ring (bicyclic) bond motifs is 5. The number of hydrogen-bond acceptors (Lipinski definition) is 11. The summed E-state index contributed by atoms with van der Waals surface area (Å²) in [5.74, 6) is -2.38. The summed E-state index contributed by atoms with van der Waals surface area (Å²) in [6.45, 7) is 7.03. The van der Waals surface area contributed by atoms with Gasteiger partial charge in [-0.05, 0) is 84.4 Å². The molecule has 3 fully saturated rings. The lowest BCUT2D eigenvalue weighted by Gasteiger charge is -2.30. The summed E-state index contributed by atoms with van der Waals surface area (Å²) in [6.07, 6.45) is 6.28. The Bertz CT molecular complexity index is 2500. The molecule has 2 aromatic heterocycles. The number of nitrogens with one attached hydrogen (secondary N) is 3. The molecule has 17 heteroatoms. The third kappa shape index (κ3) is 8.83. The molecule has 0 radical (unpaired) electrons. The second-order valence-corrected chi connectivity index (χ2v) is 20.3. The number of carbonyl (C=O) groups excluding carboxylic acids is 4. The van der Waals surface area contributed by atoms with E-state index in [9.17, 15) is 32.0 Å². The fourth-order valence-electron chi connectivity index (χ4n) is 7.96. The first-order valence-corrected chi connectivity index (χ1v) is 22.8. The van der Waals surface area contributed by atoms with Crippen molar-refractivity contribution in [1.82, 2.24) is 30.2 Å². The zero-order valence-electron chi connectivity index (χ0n) is 34.0. The van der Waals surface area contributed by atoms with Crippen molar-refractivity contribution >= 4 is 65.5 Å². The van der Waals surface area contributed by atoms with Gasteiger partial charge in [0.25, 0.3) is 5.91 Å². The van der Waals surface area contributed by atoms with Crippen molar-refractivity contribution in [1.29, 1.82) is 0 Å². The number of allylic oxidation sites excluding steroid dienone is 1. The van der Waals surface area contributed by atoms with Gasteiger partial charge in [0.1, 0.15) is 39.8 Å². The molecule has 4 amide bonds. The Morgan fingerprint density at radius 3 is 2.53 bits per heavy atom. The van der Waals surface area contributed by atoms with Crippen LogP contribution < -0.4 is 20.1 Å². The minimum absolute atomic E-state index is 0.0276. The van der Waals surface area contributed by atoms with Crippen molar-refractivity contribution in [2.75, 3.05) is 6.54 Å². The van der Waals surface area contributed by atoms with Gasteiger partial charge in [-0.1, -0.05) is 54.8 Å². The summed E-state index contributed by atoms with van der Waals surface area (Å²) in [6, 6.07) is 9.83. The number of rotatable bonds is 7. The molecule has 0 bridgehead atoms. The molecule has 60 heavy (non-hydrogen) atoms. The molecule has 4 aromatic rings. The van der Waals surface area contributed by atoms with Crippen molar-refractivity contribution in [3.8, 4) is 17.3 Å². The Balaban J connectivity index is 1.15. The van der Waals surface area contributed by atoms with Crippen LogP contribution in [0.2, 0.25) is 0 Å². The summed E-state index contributed by atoms with van der Waals surface area (Å²) in [5.41, 5.74) is -0.164. The molecule has 8 rings (SSSR count). The van der Waals surface area contributed by atoms with Crippen LogP contribution in [0.25, 0.3) is 31.7 Å². The summed E-state index contributed by atoms with van der Waals surface area (Å²) < 4.78 is 56.2. The maximum atomic E-state index is 14.7. The SMILES string of the molecule is Cc1ccc(-c2nc(O[C@@H]3C[C@H]4C(=O)N[C@]5(C(=O)NS(=O)(=O)C6CC6)C[C@H]5/C=C\CCCCC[C@H](NC(=O)OC(C)(C)C)C(=O)N4C3)c3sc4ccc(F)cc4c3n2)cc1. The molecule has 318 valence electrons. The molecule has 0 spiro atoms. The van der Waals surface area contributed by atoms with E-state index in [-0.39, 0.29) is 31.7 Å². The molecule has 4 aliphatic rings. The van der Waals surface area contributed by atoms with Crippen LogP contribution in [0.5, 0.6) is 5.88 Å². The van der Waals surface area contributed by atoms with Crippen LogP contribution in [-0.2, 0) is 29.1 Å². The average Bonchev–Trinajstić information content (AvgIpc) is 4.08. The number of aromatic nitrogens is 2. The van der Waals surface area contributed by atoms with E-state index in [1.54, 1.807) is 26.8 Å². The van der Waals surface area contributed by atoms with Gasteiger partial charge >= 0.3 is 6.09 Å². The molecule has 2 aliphatic carbocycles. The van der Waals surface area contributed by atoms with Gasteiger partial charge in [-0.3, -0.25) is 19.1 Å². The van der Waals surface area contributed by atoms with E-state index in [0.29, 0.717) is 52.7 Å². The number of benzene rings is 2. The largest absolute Gasteiger partial charge is 0.471 e. The topological polar surface area (TPSA) is 186 Å². The number of aryl methyl sites for hydroxylation is 1. The van der Waals surface area contributed by atoms with Crippen molar-refractivity contribution in [3.05, 3.63) is 66.0 Å². The van der Waals surface area contributed by atoms with Gasteiger partial charge in [0.15, 0.2) is 5.82 Å². The van der Waals surface area contributed by atoms with E-state index in [1.807, 2.05) is 43.3 Å². The zero-order valence-corrected chi connectivity index (χ0v) is 35.6. The van der Waals surface area contributed by atoms with Crippen LogP contribution in [0.15, 0.2) is 54.6 Å². The smallest absolute Gasteiger partial charge is 0.408 e. The first kappa shape index (κ1) is 41.6. The van der Waals surface area contributed by atoms with Gasteiger partial charge in [-0.15, -0.1) is 11.3 Å². The maximum Gasteiger partial charge on any atom is 0.408 e. The first-order chi connectivity index (χ1) is 28.5. The van der Waals surface area contributed by atoms with E-state index in [4.69, 9.17) is 19.4 Å². The number of hydrogen-bond donors (Lipinski definition) is 3. The number of halogens is 1. The highest BCUT2D eigenvalue weighted by Gasteiger charge is 2.62. The first-order valence-electron chi connectivity index (χ1n) is 20.5. The van der Waals surface area contributed by atoms with Gasteiger partial charge in [0, 0.05) is 28.0 Å². The summed E-state index contributed by atoms with van der Waals surface area (Å²) in [5, 5.41) is 5.56. The predicted octanol–water partition coefficient (Wildman–Crippen LogP) is 6.20. The number of sulfonamides is 1. The summed E-state index contributed by atoms with van der Waals surface area (Å²) in [7, 11) is -3.93. The summed E-state index contributed by atoms with van der Waals surface area (Å²) >= 11 is 1.33. The van der Waals surface area contributed by atoms with Crippen molar-refractivity contribution < 1.29 is 41.5 Å².